The number of carbonyl (C=O) groups excluding carboxylic acids is 1. The van der Waals surface area contributed by atoms with Gasteiger partial charge < -0.3 is 15.8 Å². The van der Waals surface area contributed by atoms with E-state index in [1.807, 2.05) is 0 Å². The highest BCUT2D eigenvalue weighted by atomic mass is 19.1. The lowest BCUT2D eigenvalue weighted by Crippen LogP contribution is -2.33. The third kappa shape index (κ3) is 4.79. The molecule has 0 saturated heterocycles. The van der Waals surface area contributed by atoms with Crippen LogP contribution >= 0.6 is 0 Å². The number of benzene rings is 1. The predicted molar refractivity (Wildman–Crippen MR) is 79.7 cm³/mol. The number of ether oxygens (including phenoxy) is 1. The Hall–Kier alpha value is -1.46. The van der Waals surface area contributed by atoms with Crippen molar-refractivity contribution < 1.29 is 13.9 Å². The second-order valence-corrected chi connectivity index (χ2v) is 5.62. The van der Waals surface area contributed by atoms with Gasteiger partial charge in [-0.05, 0) is 56.4 Å². The second kappa shape index (κ2) is 7.52. The zero-order valence-corrected chi connectivity index (χ0v) is 12.4. The molecule has 1 fully saturated rings. The maximum absolute atomic E-state index is 13.0. The average Bonchev–Trinajstić information content (AvgIpc) is 2.45. The third-order valence-corrected chi connectivity index (χ3v) is 3.89. The first-order valence-electron chi connectivity index (χ1n) is 7.48. The summed E-state index contributed by atoms with van der Waals surface area (Å²) in [6, 6.07) is 4.47. The summed E-state index contributed by atoms with van der Waals surface area (Å²) in [5.41, 5.74) is 6.98. The first-order valence-corrected chi connectivity index (χ1v) is 7.48. The number of nitrogens with two attached hydrogens (primary N) is 1. The molecular formula is C16H23FN2O2. The Labute approximate surface area is 124 Å². The molecule has 0 aromatic heterocycles. The molecule has 2 rings (SSSR count). The number of hydrogen-bond acceptors (Lipinski definition) is 3. The van der Waals surface area contributed by atoms with Crippen LogP contribution in [0.3, 0.4) is 0 Å². The van der Waals surface area contributed by atoms with Gasteiger partial charge in [-0.1, -0.05) is 0 Å². The number of amides is 1. The lowest BCUT2D eigenvalue weighted by molar-refractivity contribution is 0.0267. The molecule has 116 valence electrons. The smallest absolute Gasteiger partial charge is 0.251 e. The van der Waals surface area contributed by atoms with Gasteiger partial charge >= 0.3 is 0 Å². The maximum Gasteiger partial charge on any atom is 0.251 e. The molecule has 5 heteroatoms. The van der Waals surface area contributed by atoms with Crippen molar-refractivity contribution in [3.05, 3.63) is 35.1 Å². The summed E-state index contributed by atoms with van der Waals surface area (Å²) in [5, 5.41) is 2.80. The molecule has 1 aliphatic rings. The fourth-order valence-corrected chi connectivity index (χ4v) is 2.62. The highest BCUT2D eigenvalue weighted by Gasteiger charge is 2.18. The van der Waals surface area contributed by atoms with Crippen molar-refractivity contribution in [3.63, 3.8) is 0 Å². The molecule has 1 saturated carbocycles. The van der Waals surface area contributed by atoms with Gasteiger partial charge in [0.25, 0.3) is 5.91 Å². The summed E-state index contributed by atoms with van der Waals surface area (Å²) in [5.74, 6) is -0.523. The average molecular weight is 294 g/mol. The maximum atomic E-state index is 13.0. The van der Waals surface area contributed by atoms with E-state index in [0.29, 0.717) is 30.3 Å². The Morgan fingerprint density at radius 2 is 2.10 bits per heavy atom. The number of aryl methyl sites for hydroxylation is 1. The van der Waals surface area contributed by atoms with Crippen LogP contribution in [0.2, 0.25) is 0 Å². The van der Waals surface area contributed by atoms with E-state index in [2.05, 4.69) is 5.32 Å². The molecule has 21 heavy (non-hydrogen) atoms. The first kappa shape index (κ1) is 15.9. The van der Waals surface area contributed by atoms with Crippen LogP contribution in [-0.4, -0.2) is 31.2 Å². The van der Waals surface area contributed by atoms with Crippen molar-refractivity contribution in [1.29, 1.82) is 0 Å². The fourth-order valence-electron chi connectivity index (χ4n) is 2.62. The predicted octanol–water partition coefficient (Wildman–Crippen LogP) is 2.15. The normalized spacial score (nSPS) is 22.0. The minimum Gasteiger partial charge on any atom is -0.376 e. The van der Waals surface area contributed by atoms with Crippen molar-refractivity contribution in [2.75, 3.05) is 13.2 Å². The molecule has 0 bridgehead atoms. The molecule has 4 nitrogen and oxygen atoms in total. The van der Waals surface area contributed by atoms with Gasteiger partial charge in [-0.2, -0.15) is 0 Å². The highest BCUT2D eigenvalue weighted by molar-refractivity contribution is 5.95. The molecule has 1 aromatic rings. The van der Waals surface area contributed by atoms with Crippen LogP contribution in [0.1, 0.15) is 41.6 Å². The molecule has 1 aromatic carbocycles. The number of rotatable bonds is 5. The van der Waals surface area contributed by atoms with Gasteiger partial charge in [0.05, 0.1) is 12.7 Å². The Bertz CT molecular complexity index is 485. The molecule has 1 aliphatic carbocycles. The third-order valence-electron chi connectivity index (χ3n) is 3.89. The minimum absolute atomic E-state index is 0.193. The zero-order valence-electron chi connectivity index (χ0n) is 12.4. The standard InChI is InChI=1S/C16H23FN2O2/c1-11-10-12(17)2-7-15(11)16(20)19-8-9-21-14-5-3-13(18)4-6-14/h2,7,10,13-14H,3-6,8-9,18H2,1H3,(H,19,20). The fraction of sp³-hybridized carbons (Fsp3) is 0.562. The van der Waals surface area contributed by atoms with Crippen LogP contribution in [0.15, 0.2) is 18.2 Å². The van der Waals surface area contributed by atoms with E-state index >= 15 is 0 Å². The molecule has 0 aliphatic heterocycles. The topological polar surface area (TPSA) is 64.3 Å². The summed E-state index contributed by atoms with van der Waals surface area (Å²) in [4.78, 5) is 12.0. The molecule has 3 N–H and O–H groups in total. The summed E-state index contributed by atoms with van der Waals surface area (Å²) in [6.45, 7) is 2.67. The van der Waals surface area contributed by atoms with Gasteiger partial charge in [0.2, 0.25) is 0 Å². The number of hydrogen-bond donors (Lipinski definition) is 2. The summed E-state index contributed by atoms with van der Waals surface area (Å²) >= 11 is 0. The molecule has 0 unspecified atom stereocenters. The number of nitrogens with one attached hydrogen (secondary N) is 1. The van der Waals surface area contributed by atoms with E-state index < -0.39 is 0 Å². The van der Waals surface area contributed by atoms with Gasteiger partial charge in [0, 0.05) is 18.2 Å². The Kier molecular flexibility index (Phi) is 5.70. The number of carbonyl (C=O) groups is 1. The van der Waals surface area contributed by atoms with Crippen LogP contribution in [-0.2, 0) is 4.74 Å². The van der Waals surface area contributed by atoms with E-state index in [4.69, 9.17) is 10.5 Å². The SMILES string of the molecule is Cc1cc(F)ccc1C(=O)NCCOC1CCC(N)CC1. The lowest BCUT2D eigenvalue weighted by atomic mass is 9.94. The first-order chi connectivity index (χ1) is 10.1. The van der Waals surface area contributed by atoms with Crippen LogP contribution in [0.5, 0.6) is 0 Å². The van der Waals surface area contributed by atoms with Gasteiger partial charge in [-0.3, -0.25) is 4.79 Å². The van der Waals surface area contributed by atoms with Crippen molar-refractivity contribution in [3.8, 4) is 0 Å². The second-order valence-electron chi connectivity index (χ2n) is 5.62. The van der Waals surface area contributed by atoms with Crippen LogP contribution in [0.4, 0.5) is 4.39 Å². The minimum atomic E-state index is -0.331. The summed E-state index contributed by atoms with van der Waals surface area (Å²) in [7, 11) is 0. The van der Waals surface area contributed by atoms with E-state index in [-0.39, 0.29) is 17.8 Å². The molecule has 1 amide bonds. The van der Waals surface area contributed by atoms with Crippen molar-refractivity contribution in [1.82, 2.24) is 5.32 Å². The highest BCUT2D eigenvalue weighted by Crippen LogP contribution is 2.19. The Morgan fingerprint density at radius 3 is 2.76 bits per heavy atom. The molecule has 0 spiro atoms. The van der Waals surface area contributed by atoms with Crippen LogP contribution < -0.4 is 11.1 Å². The molecular weight excluding hydrogens is 271 g/mol. The van der Waals surface area contributed by atoms with Crippen molar-refractivity contribution in [2.24, 2.45) is 5.73 Å². The quantitative estimate of drug-likeness (QED) is 0.818. The summed E-state index contributed by atoms with van der Waals surface area (Å²) < 4.78 is 18.7. The van der Waals surface area contributed by atoms with E-state index in [9.17, 15) is 9.18 Å². The van der Waals surface area contributed by atoms with Crippen molar-refractivity contribution in [2.45, 2.75) is 44.8 Å². The zero-order chi connectivity index (χ0) is 15.2. The molecule has 0 heterocycles. The van der Waals surface area contributed by atoms with E-state index in [0.717, 1.165) is 25.7 Å². The van der Waals surface area contributed by atoms with Gasteiger partial charge in [-0.15, -0.1) is 0 Å². The van der Waals surface area contributed by atoms with Crippen LogP contribution in [0, 0.1) is 12.7 Å². The monoisotopic (exact) mass is 294 g/mol. The Morgan fingerprint density at radius 1 is 1.38 bits per heavy atom. The van der Waals surface area contributed by atoms with E-state index in [1.165, 1.54) is 18.2 Å². The van der Waals surface area contributed by atoms with Gasteiger partial charge in [0.1, 0.15) is 5.82 Å². The lowest BCUT2D eigenvalue weighted by Gasteiger charge is -2.26. The Balaban J connectivity index is 1.69. The van der Waals surface area contributed by atoms with Crippen LogP contribution in [0.25, 0.3) is 0 Å². The largest absolute Gasteiger partial charge is 0.376 e. The van der Waals surface area contributed by atoms with E-state index in [1.54, 1.807) is 6.92 Å². The number of halogens is 1. The van der Waals surface area contributed by atoms with Gasteiger partial charge in [-0.25, -0.2) is 4.39 Å². The van der Waals surface area contributed by atoms with Gasteiger partial charge in [0.15, 0.2) is 0 Å². The molecule has 0 radical (unpaired) electrons. The molecule has 0 atom stereocenters. The van der Waals surface area contributed by atoms with Crippen molar-refractivity contribution >= 4 is 5.91 Å². The summed E-state index contributed by atoms with van der Waals surface area (Å²) in [6.07, 6.45) is 4.25.